The third-order valence-corrected chi connectivity index (χ3v) is 2.36. The zero-order valence-electron chi connectivity index (χ0n) is 9.51. The van der Waals surface area contributed by atoms with E-state index >= 15 is 0 Å². The molecule has 3 heteroatoms. The van der Waals surface area contributed by atoms with E-state index < -0.39 is 0 Å². The zero-order valence-corrected chi connectivity index (χ0v) is 9.51. The number of benzene rings is 1. The molecule has 17 heavy (non-hydrogen) atoms. The molecular formula is C14H13NO2. The Balaban J connectivity index is 2.11. The van der Waals surface area contributed by atoms with Gasteiger partial charge in [-0.1, -0.05) is 0 Å². The summed E-state index contributed by atoms with van der Waals surface area (Å²) in [5, 5.41) is 0. The molecule has 0 radical (unpaired) electrons. The molecule has 0 atom stereocenters. The topological polar surface area (TPSA) is 56.2 Å². The Morgan fingerprint density at radius 1 is 1.18 bits per heavy atom. The SMILES string of the molecule is Cc1ccc(/C=C/C(=O)c2ccc(N)cc2)o1. The van der Waals surface area contributed by atoms with E-state index in [1.165, 1.54) is 6.08 Å². The van der Waals surface area contributed by atoms with Crippen molar-refractivity contribution in [3.8, 4) is 0 Å². The Morgan fingerprint density at radius 3 is 2.47 bits per heavy atom. The van der Waals surface area contributed by atoms with Crippen LogP contribution in [-0.2, 0) is 0 Å². The second-order valence-electron chi connectivity index (χ2n) is 3.77. The molecule has 2 rings (SSSR count). The smallest absolute Gasteiger partial charge is 0.185 e. The van der Waals surface area contributed by atoms with Gasteiger partial charge in [0.1, 0.15) is 11.5 Å². The highest BCUT2D eigenvalue weighted by molar-refractivity contribution is 6.06. The van der Waals surface area contributed by atoms with E-state index in [0.717, 1.165) is 5.76 Å². The monoisotopic (exact) mass is 227 g/mol. The zero-order chi connectivity index (χ0) is 12.3. The highest BCUT2D eigenvalue weighted by Gasteiger charge is 2.01. The van der Waals surface area contributed by atoms with Crippen LogP contribution in [0.2, 0.25) is 0 Å². The summed E-state index contributed by atoms with van der Waals surface area (Å²) in [5.41, 5.74) is 6.81. The van der Waals surface area contributed by atoms with Gasteiger partial charge >= 0.3 is 0 Å². The molecule has 0 unspecified atom stereocenters. The normalized spacial score (nSPS) is 10.9. The van der Waals surface area contributed by atoms with Crippen LogP contribution in [0.5, 0.6) is 0 Å². The average Bonchev–Trinajstić information content (AvgIpc) is 2.73. The third-order valence-electron chi connectivity index (χ3n) is 2.36. The van der Waals surface area contributed by atoms with E-state index in [1.54, 1.807) is 30.3 Å². The van der Waals surface area contributed by atoms with Gasteiger partial charge in [0.2, 0.25) is 0 Å². The van der Waals surface area contributed by atoms with Gasteiger partial charge in [-0.25, -0.2) is 0 Å². The van der Waals surface area contributed by atoms with Crippen LogP contribution in [-0.4, -0.2) is 5.78 Å². The Labute approximate surface area is 99.6 Å². The van der Waals surface area contributed by atoms with Gasteiger partial charge < -0.3 is 10.2 Å². The molecule has 2 N–H and O–H groups in total. The van der Waals surface area contributed by atoms with Crippen LogP contribution in [0.4, 0.5) is 5.69 Å². The second kappa shape index (κ2) is 4.70. The van der Waals surface area contributed by atoms with Crippen molar-refractivity contribution in [1.82, 2.24) is 0 Å². The first-order valence-electron chi connectivity index (χ1n) is 5.29. The lowest BCUT2D eigenvalue weighted by atomic mass is 10.1. The number of hydrogen-bond donors (Lipinski definition) is 1. The molecule has 0 spiro atoms. The first-order valence-corrected chi connectivity index (χ1v) is 5.29. The number of ketones is 1. The van der Waals surface area contributed by atoms with Crippen molar-refractivity contribution >= 4 is 17.5 Å². The maximum atomic E-state index is 11.8. The Kier molecular flexibility index (Phi) is 3.10. The number of carbonyl (C=O) groups is 1. The summed E-state index contributed by atoms with van der Waals surface area (Å²) < 4.78 is 5.33. The standard InChI is InChI=1S/C14H13NO2/c1-10-2-7-13(17-10)8-9-14(16)11-3-5-12(15)6-4-11/h2-9H,15H2,1H3/b9-8+. The number of anilines is 1. The van der Waals surface area contributed by atoms with E-state index in [-0.39, 0.29) is 5.78 Å². The molecule has 1 aromatic carbocycles. The lowest BCUT2D eigenvalue weighted by Gasteiger charge is -1.96. The van der Waals surface area contributed by atoms with Gasteiger partial charge in [0.15, 0.2) is 5.78 Å². The maximum absolute atomic E-state index is 11.8. The van der Waals surface area contributed by atoms with Gasteiger partial charge in [0.25, 0.3) is 0 Å². The number of nitrogen functional groups attached to an aromatic ring is 1. The summed E-state index contributed by atoms with van der Waals surface area (Å²) in [4.78, 5) is 11.8. The molecule has 3 nitrogen and oxygen atoms in total. The average molecular weight is 227 g/mol. The third kappa shape index (κ3) is 2.84. The molecule has 86 valence electrons. The van der Waals surface area contributed by atoms with Crippen LogP contribution < -0.4 is 5.73 Å². The molecule has 0 saturated carbocycles. The molecule has 0 aliphatic heterocycles. The van der Waals surface area contributed by atoms with Gasteiger partial charge in [0, 0.05) is 11.3 Å². The number of aryl methyl sites for hydroxylation is 1. The maximum Gasteiger partial charge on any atom is 0.185 e. The van der Waals surface area contributed by atoms with Gasteiger partial charge in [-0.05, 0) is 55.5 Å². The van der Waals surface area contributed by atoms with Crippen molar-refractivity contribution in [2.24, 2.45) is 0 Å². The number of rotatable bonds is 3. The summed E-state index contributed by atoms with van der Waals surface area (Å²) in [6.07, 6.45) is 3.15. The van der Waals surface area contributed by atoms with E-state index in [9.17, 15) is 4.79 Å². The number of allylic oxidation sites excluding steroid dienone is 1. The largest absolute Gasteiger partial charge is 0.462 e. The Hall–Kier alpha value is -2.29. The van der Waals surface area contributed by atoms with E-state index in [4.69, 9.17) is 10.2 Å². The van der Waals surface area contributed by atoms with Crippen LogP contribution in [0, 0.1) is 6.92 Å². The van der Waals surface area contributed by atoms with Crippen molar-refractivity contribution < 1.29 is 9.21 Å². The van der Waals surface area contributed by atoms with E-state index in [0.29, 0.717) is 17.0 Å². The van der Waals surface area contributed by atoms with Crippen molar-refractivity contribution in [2.45, 2.75) is 6.92 Å². The predicted octanol–water partition coefficient (Wildman–Crippen LogP) is 3.07. The van der Waals surface area contributed by atoms with Crippen LogP contribution in [0.15, 0.2) is 46.9 Å². The van der Waals surface area contributed by atoms with Crippen molar-refractivity contribution in [1.29, 1.82) is 0 Å². The summed E-state index contributed by atoms with van der Waals surface area (Å²) in [6.45, 7) is 1.86. The number of hydrogen-bond acceptors (Lipinski definition) is 3. The van der Waals surface area contributed by atoms with Crippen LogP contribution in [0.3, 0.4) is 0 Å². The fourth-order valence-corrected chi connectivity index (χ4v) is 1.44. The van der Waals surface area contributed by atoms with Crippen LogP contribution in [0.1, 0.15) is 21.9 Å². The summed E-state index contributed by atoms with van der Waals surface area (Å²) >= 11 is 0. The summed E-state index contributed by atoms with van der Waals surface area (Å²) in [5.74, 6) is 1.43. The van der Waals surface area contributed by atoms with Crippen LogP contribution >= 0.6 is 0 Å². The molecule has 0 aliphatic rings. The number of carbonyl (C=O) groups excluding carboxylic acids is 1. The fourth-order valence-electron chi connectivity index (χ4n) is 1.44. The van der Waals surface area contributed by atoms with Crippen LogP contribution in [0.25, 0.3) is 6.08 Å². The molecule has 0 fully saturated rings. The lowest BCUT2D eigenvalue weighted by Crippen LogP contribution is -1.94. The Morgan fingerprint density at radius 2 is 1.88 bits per heavy atom. The van der Waals surface area contributed by atoms with Crippen molar-refractivity contribution in [3.63, 3.8) is 0 Å². The minimum absolute atomic E-state index is 0.0703. The van der Waals surface area contributed by atoms with Gasteiger partial charge in [-0.15, -0.1) is 0 Å². The lowest BCUT2D eigenvalue weighted by molar-refractivity contribution is 0.104. The van der Waals surface area contributed by atoms with E-state index in [1.807, 2.05) is 19.1 Å². The highest BCUT2D eigenvalue weighted by Crippen LogP contribution is 2.10. The molecular weight excluding hydrogens is 214 g/mol. The van der Waals surface area contributed by atoms with Crippen molar-refractivity contribution in [2.75, 3.05) is 5.73 Å². The molecule has 1 heterocycles. The first-order chi connectivity index (χ1) is 8.15. The number of nitrogens with two attached hydrogens (primary N) is 1. The summed E-state index contributed by atoms with van der Waals surface area (Å²) in [7, 11) is 0. The molecule has 0 saturated heterocycles. The molecule has 2 aromatic rings. The first kappa shape index (κ1) is 11.2. The summed E-state index contributed by atoms with van der Waals surface area (Å²) in [6, 6.07) is 10.5. The van der Waals surface area contributed by atoms with Crippen molar-refractivity contribution in [3.05, 3.63) is 59.6 Å². The van der Waals surface area contributed by atoms with Gasteiger partial charge in [0.05, 0.1) is 0 Å². The van der Waals surface area contributed by atoms with E-state index in [2.05, 4.69) is 0 Å². The Bertz CT molecular complexity index is 550. The van der Waals surface area contributed by atoms with Gasteiger partial charge in [-0.2, -0.15) is 0 Å². The quantitative estimate of drug-likeness (QED) is 0.498. The van der Waals surface area contributed by atoms with Gasteiger partial charge in [-0.3, -0.25) is 4.79 Å². The second-order valence-corrected chi connectivity index (χ2v) is 3.77. The number of furan rings is 1. The minimum atomic E-state index is -0.0703. The predicted molar refractivity (Wildman–Crippen MR) is 67.7 cm³/mol. The molecule has 0 amide bonds. The molecule has 0 bridgehead atoms. The fraction of sp³-hybridized carbons (Fsp3) is 0.0714. The highest BCUT2D eigenvalue weighted by atomic mass is 16.3. The molecule has 0 aliphatic carbocycles. The molecule has 1 aromatic heterocycles. The minimum Gasteiger partial charge on any atom is -0.462 e.